The van der Waals surface area contributed by atoms with E-state index in [0.717, 1.165) is 23.1 Å². The number of anilines is 3. The zero-order chi connectivity index (χ0) is 24.8. The number of carbonyl (C=O) groups excluding carboxylic acids is 1. The standard InChI is InChI=1S/C26H29N3O4S/c1-26(2,3)19-9-6-17(7-10-19)18-8-12-21-23(14-18)28(4)16-29(25(21)31)20-11-13-24(30)22(15-20)27-34(5,32)33/h6-15,27,30H,16H2,1-5H3. The summed E-state index contributed by atoms with van der Waals surface area (Å²) in [7, 11) is -1.68. The van der Waals surface area contributed by atoms with E-state index in [2.05, 4.69) is 49.8 Å². The first-order valence-corrected chi connectivity index (χ1v) is 12.8. The number of amides is 1. The van der Waals surface area contributed by atoms with Gasteiger partial charge in [0.05, 0.1) is 29.9 Å². The van der Waals surface area contributed by atoms with Gasteiger partial charge >= 0.3 is 0 Å². The van der Waals surface area contributed by atoms with Gasteiger partial charge < -0.3 is 10.0 Å². The van der Waals surface area contributed by atoms with Crippen LogP contribution in [0.2, 0.25) is 0 Å². The van der Waals surface area contributed by atoms with Crippen LogP contribution in [0.25, 0.3) is 11.1 Å². The molecule has 2 N–H and O–H groups in total. The molecule has 0 saturated heterocycles. The van der Waals surface area contributed by atoms with Crippen LogP contribution < -0.4 is 14.5 Å². The predicted molar refractivity (Wildman–Crippen MR) is 137 cm³/mol. The van der Waals surface area contributed by atoms with Crippen molar-refractivity contribution in [2.75, 3.05) is 34.5 Å². The quantitative estimate of drug-likeness (QED) is 0.526. The van der Waals surface area contributed by atoms with Gasteiger partial charge in [-0.05, 0) is 52.4 Å². The zero-order valence-electron chi connectivity index (χ0n) is 20.0. The van der Waals surface area contributed by atoms with Crippen LogP contribution in [0, 0.1) is 0 Å². The molecule has 0 fully saturated rings. The minimum atomic E-state index is -3.59. The number of hydrogen-bond donors (Lipinski definition) is 2. The monoisotopic (exact) mass is 479 g/mol. The summed E-state index contributed by atoms with van der Waals surface area (Å²) in [6, 6.07) is 18.7. The maximum absolute atomic E-state index is 13.3. The Bertz CT molecular complexity index is 1360. The summed E-state index contributed by atoms with van der Waals surface area (Å²) >= 11 is 0. The smallest absolute Gasteiger partial charge is 0.261 e. The second kappa shape index (κ2) is 8.36. The van der Waals surface area contributed by atoms with E-state index in [1.165, 1.54) is 17.7 Å². The van der Waals surface area contributed by atoms with E-state index in [0.29, 0.717) is 11.3 Å². The fourth-order valence-corrected chi connectivity index (χ4v) is 4.60. The molecule has 1 amide bonds. The van der Waals surface area contributed by atoms with Crippen molar-refractivity contribution in [1.29, 1.82) is 0 Å². The lowest BCUT2D eigenvalue weighted by Gasteiger charge is -2.36. The van der Waals surface area contributed by atoms with E-state index < -0.39 is 10.0 Å². The van der Waals surface area contributed by atoms with Crippen LogP contribution in [-0.2, 0) is 15.4 Å². The molecule has 0 spiro atoms. The number of aromatic hydroxyl groups is 1. The summed E-state index contributed by atoms with van der Waals surface area (Å²) in [5.41, 5.74) is 5.32. The summed E-state index contributed by atoms with van der Waals surface area (Å²) in [5, 5.41) is 10.0. The summed E-state index contributed by atoms with van der Waals surface area (Å²) in [6.07, 6.45) is 1.00. The molecular weight excluding hydrogens is 450 g/mol. The highest BCUT2D eigenvalue weighted by Gasteiger charge is 2.29. The number of nitrogens with zero attached hydrogens (tertiary/aromatic N) is 2. The van der Waals surface area contributed by atoms with Crippen molar-refractivity contribution in [3.05, 3.63) is 71.8 Å². The van der Waals surface area contributed by atoms with Gasteiger partial charge in [0, 0.05) is 12.7 Å². The summed E-state index contributed by atoms with van der Waals surface area (Å²) in [5.74, 6) is -0.409. The lowest BCUT2D eigenvalue weighted by Crippen LogP contribution is -2.45. The van der Waals surface area contributed by atoms with Crippen molar-refractivity contribution in [3.8, 4) is 16.9 Å². The highest BCUT2D eigenvalue weighted by Crippen LogP contribution is 2.36. The molecule has 3 aromatic carbocycles. The molecule has 1 aliphatic rings. The maximum Gasteiger partial charge on any atom is 0.261 e. The number of fused-ring (bicyclic) bond motifs is 1. The number of carbonyl (C=O) groups is 1. The lowest BCUT2D eigenvalue weighted by atomic mass is 9.86. The molecule has 178 valence electrons. The minimum Gasteiger partial charge on any atom is -0.506 e. The van der Waals surface area contributed by atoms with Crippen LogP contribution in [0.15, 0.2) is 60.7 Å². The van der Waals surface area contributed by atoms with Crippen LogP contribution in [0.4, 0.5) is 17.1 Å². The van der Waals surface area contributed by atoms with Crippen LogP contribution >= 0.6 is 0 Å². The molecule has 1 aliphatic heterocycles. The number of phenolic OH excluding ortho intramolecular Hbond substituents is 1. The van der Waals surface area contributed by atoms with Crippen molar-refractivity contribution in [1.82, 2.24) is 0 Å². The topological polar surface area (TPSA) is 89.9 Å². The van der Waals surface area contributed by atoms with Crippen LogP contribution in [-0.4, -0.2) is 39.4 Å². The van der Waals surface area contributed by atoms with Crippen molar-refractivity contribution in [2.45, 2.75) is 26.2 Å². The van der Waals surface area contributed by atoms with Gasteiger partial charge in [-0.1, -0.05) is 51.1 Å². The second-order valence-corrected chi connectivity index (χ2v) is 11.5. The normalized spacial score (nSPS) is 14.2. The number of sulfonamides is 1. The van der Waals surface area contributed by atoms with Crippen LogP contribution in [0.3, 0.4) is 0 Å². The Labute approximate surface area is 200 Å². The molecule has 0 aliphatic carbocycles. The number of benzene rings is 3. The molecule has 0 bridgehead atoms. The predicted octanol–water partition coefficient (Wildman–Crippen LogP) is 4.78. The summed E-state index contributed by atoms with van der Waals surface area (Å²) in [6.45, 7) is 6.83. The van der Waals surface area contributed by atoms with E-state index in [9.17, 15) is 18.3 Å². The molecule has 8 heteroatoms. The van der Waals surface area contributed by atoms with Gasteiger partial charge in [-0.3, -0.25) is 14.4 Å². The lowest BCUT2D eigenvalue weighted by molar-refractivity contribution is 0.0983. The Balaban J connectivity index is 1.66. The van der Waals surface area contributed by atoms with E-state index >= 15 is 0 Å². The first kappa shape index (κ1) is 23.6. The molecule has 0 radical (unpaired) electrons. The molecular formula is C26H29N3O4S. The van der Waals surface area contributed by atoms with Gasteiger partial charge in [0.25, 0.3) is 5.91 Å². The Kier molecular flexibility index (Phi) is 5.81. The van der Waals surface area contributed by atoms with Gasteiger partial charge in [-0.25, -0.2) is 8.42 Å². The van der Waals surface area contributed by atoms with Crippen molar-refractivity contribution >= 4 is 33.0 Å². The molecule has 34 heavy (non-hydrogen) atoms. The Morgan fingerprint density at radius 1 is 0.941 bits per heavy atom. The molecule has 0 aromatic heterocycles. The zero-order valence-corrected chi connectivity index (χ0v) is 20.8. The molecule has 0 unspecified atom stereocenters. The average molecular weight is 480 g/mol. The Hall–Kier alpha value is -3.52. The van der Waals surface area contributed by atoms with E-state index in [1.807, 2.05) is 30.1 Å². The molecule has 4 rings (SSSR count). The molecule has 0 saturated carbocycles. The van der Waals surface area contributed by atoms with E-state index in [4.69, 9.17) is 0 Å². The maximum atomic E-state index is 13.3. The third-order valence-electron chi connectivity index (χ3n) is 5.91. The largest absolute Gasteiger partial charge is 0.506 e. The molecule has 0 atom stereocenters. The van der Waals surface area contributed by atoms with Gasteiger partial charge in [0.15, 0.2) is 0 Å². The third kappa shape index (κ3) is 4.72. The van der Waals surface area contributed by atoms with Crippen molar-refractivity contribution < 1.29 is 18.3 Å². The molecule has 7 nitrogen and oxygen atoms in total. The minimum absolute atomic E-state index is 0.0234. The van der Waals surface area contributed by atoms with Crippen molar-refractivity contribution in [3.63, 3.8) is 0 Å². The van der Waals surface area contributed by atoms with Gasteiger partial charge in [0.1, 0.15) is 5.75 Å². The van der Waals surface area contributed by atoms with Crippen LogP contribution in [0.5, 0.6) is 5.75 Å². The van der Waals surface area contributed by atoms with E-state index in [1.54, 1.807) is 11.0 Å². The number of hydrogen-bond acceptors (Lipinski definition) is 5. The van der Waals surface area contributed by atoms with E-state index in [-0.39, 0.29) is 29.4 Å². The highest BCUT2D eigenvalue weighted by atomic mass is 32.2. The third-order valence-corrected chi connectivity index (χ3v) is 6.50. The van der Waals surface area contributed by atoms with Gasteiger partial charge in [0.2, 0.25) is 10.0 Å². The van der Waals surface area contributed by atoms with Gasteiger partial charge in [-0.15, -0.1) is 0 Å². The fraction of sp³-hybridized carbons (Fsp3) is 0.269. The van der Waals surface area contributed by atoms with Gasteiger partial charge in [-0.2, -0.15) is 0 Å². The first-order chi connectivity index (χ1) is 15.8. The number of nitrogens with one attached hydrogen (secondary N) is 1. The molecule has 3 aromatic rings. The summed E-state index contributed by atoms with van der Waals surface area (Å²) < 4.78 is 25.5. The number of rotatable bonds is 4. The number of phenols is 1. The SMILES string of the molecule is CN1CN(c2ccc(O)c(NS(C)(=O)=O)c2)C(=O)c2ccc(-c3ccc(C(C)(C)C)cc3)cc21. The average Bonchev–Trinajstić information content (AvgIpc) is 2.76. The highest BCUT2D eigenvalue weighted by molar-refractivity contribution is 7.92. The Morgan fingerprint density at radius 2 is 1.59 bits per heavy atom. The molecule has 1 heterocycles. The van der Waals surface area contributed by atoms with Crippen molar-refractivity contribution in [2.24, 2.45) is 0 Å². The Morgan fingerprint density at radius 3 is 2.21 bits per heavy atom. The fourth-order valence-electron chi connectivity index (χ4n) is 4.04. The van der Waals surface area contributed by atoms with Crippen LogP contribution in [0.1, 0.15) is 36.7 Å². The second-order valence-electron chi connectivity index (χ2n) is 9.71. The first-order valence-electron chi connectivity index (χ1n) is 10.9. The summed E-state index contributed by atoms with van der Waals surface area (Å²) in [4.78, 5) is 16.9.